The van der Waals surface area contributed by atoms with Crippen molar-refractivity contribution in [2.45, 2.75) is 33.1 Å². The number of pyridine rings is 2. The Morgan fingerprint density at radius 2 is 1.74 bits per heavy atom. The van der Waals surface area contributed by atoms with Gasteiger partial charge in [-0.15, -0.1) is 40.5 Å². The molecule has 7 rings (SSSR count). The van der Waals surface area contributed by atoms with Gasteiger partial charge in [0, 0.05) is 34.3 Å². The molecule has 43 heavy (non-hydrogen) atoms. The Hall–Kier alpha value is -4.30. The molecular formula is C36H26N4OPtS. The van der Waals surface area contributed by atoms with E-state index in [0.717, 1.165) is 43.4 Å². The van der Waals surface area contributed by atoms with Crippen molar-refractivity contribution in [3.05, 3.63) is 119 Å². The molecule has 0 fully saturated rings. The van der Waals surface area contributed by atoms with Gasteiger partial charge in [-0.1, -0.05) is 62.7 Å². The normalized spacial score (nSPS) is 11.5. The molecule has 0 bridgehead atoms. The average Bonchev–Trinajstić information content (AvgIpc) is 3.52. The van der Waals surface area contributed by atoms with Crippen molar-refractivity contribution in [3.8, 4) is 28.6 Å². The molecule has 0 saturated carbocycles. The van der Waals surface area contributed by atoms with Gasteiger partial charge in [-0.3, -0.25) is 4.85 Å². The molecule has 0 amide bonds. The Labute approximate surface area is 268 Å². The van der Waals surface area contributed by atoms with E-state index < -0.39 is 0 Å². The van der Waals surface area contributed by atoms with Crippen molar-refractivity contribution in [2.75, 3.05) is 0 Å². The number of thiophene rings is 1. The number of hydrogen-bond donors (Lipinski definition) is 0. The van der Waals surface area contributed by atoms with E-state index in [1.54, 1.807) is 23.5 Å². The van der Waals surface area contributed by atoms with Crippen LogP contribution in [-0.4, -0.2) is 14.5 Å². The van der Waals surface area contributed by atoms with Crippen LogP contribution in [0.25, 0.3) is 53.8 Å². The Morgan fingerprint density at radius 3 is 2.56 bits per heavy atom. The number of aromatic nitrogens is 3. The predicted molar refractivity (Wildman–Crippen MR) is 171 cm³/mol. The van der Waals surface area contributed by atoms with Gasteiger partial charge in [-0.25, -0.2) is 4.98 Å². The van der Waals surface area contributed by atoms with Gasteiger partial charge in [0.2, 0.25) is 0 Å². The first-order valence-electron chi connectivity index (χ1n) is 13.7. The van der Waals surface area contributed by atoms with E-state index in [0.29, 0.717) is 22.7 Å². The van der Waals surface area contributed by atoms with Crippen LogP contribution in [-0.2, 0) is 26.5 Å². The second-order valence-electron chi connectivity index (χ2n) is 11.4. The second-order valence-corrected chi connectivity index (χ2v) is 12.7. The summed E-state index contributed by atoms with van der Waals surface area (Å²) in [6, 6.07) is 31.0. The number of para-hydroxylation sites is 1. The molecule has 0 spiro atoms. The van der Waals surface area contributed by atoms with E-state index in [9.17, 15) is 0 Å². The molecule has 0 N–H and O–H groups in total. The van der Waals surface area contributed by atoms with E-state index in [2.05, 4.69) is 90.6 Å². The summed E-state index contributed by atoms with van der Waals surface area (Å²) in [5, 5.41) is 3.30. The molecule has 0 atom stereocenters. The fraction of sp³-hybridized carbons (Fsp3) is 0.139. The SMILES string of the molecule is [C-]#[N+]c1cc(Oc2[c-]c3c(cc2)c2ccccc2n3-c2cc(C(C)(C)C)ccn2)[c-]c(-c2cc3cc(C)sc3cn2)c1.[Pt+2]. The van der Waals surface area contributed by atoms with Crippen LogP contribution in [0, 0.1) is 25.6 Å². The molecule has 0 aliphatic carbocycles. The van der Waals surface area contributed by atoms with Gasteiger partial charge in [0.15, 0.2) is 0 Å². The summed E-state index contributed by atoms with van der Waals surface area (Å²) in [4.78, 5) is 14.3. The fourth-order valence-electron chi connectivity index (χ4n) is 5.31. The van der Waals surface area contributed by atoms with Crippen molar-refractivity contribution >= 4 is 48.9 Å². The van der Waals surface area contributed by atoms with E-state index >= 15 is 0 Å². The molecule has 5 nitrogen and oxygen atoms in total. The second kappa shape index (κ2) is 11.1. The van der Waals surface area contributed by atoms with Crippen LogP contribution in [0.5, 0.6) is 11.5 Å². The van der Waals surface area contributed by atoms with Gasteiger partial charge in [0.05, 0.1) is 11.3 Å². The van der Waals surface area contributed by atoms with E-state index in [1.165, 1.54) is 10.4 Å². The Kier molecular flexibility index (Phi) is 7.42. The maximum atomic E-state index is 7.69. The van der Waals surface area contributed by atoms with Crippen molar-refractivity contribution in [1.82, 2.24) is 14.5 Å². The van der Waals surface area contributed by atoms with Crippen LogP contribution in [0.2, 0.25) is 0 Å². The molecule has 7 aromatic rings. The number of nitrogens with zero attached hydrogens (tertiary/aromatic N) is 4. The molecule has 4 heterocycles. The molecule has 0 aliphatic rings. The number of ether oxygens (including phenoxy) is 1. The standard InChI is InChI=1S/C36H26N4OS.Pt/c1-22-14-24-17-31(39-21-34(24)42-22)23-15-26(37-5)19-28(16-23)41-27-10-11-30-29-8-6-7-9-32(29)40(33(30)20-27)35-18-25(12-13-38-35)36(2,3)4;/h6-15,17-19,21H,1-4H3;/q-2;+2. The monoisotopic (exact) mass is 757 g/mol. The minimum Gasteiger partial charge on any atom is -0.504 e. The van der Waals surface area contributed by atoms with Gasteiger partial charge < -0.3 is 14.3 Å². The maximum absolute atomic E-state index is 7.69. The fourth-order valence-corrected chi connectivity index (χ4v) is 6.18. The number of benzene rings is 3. The molecule has 4 aromatic heterocycles. The molecule has 7 heteroatoms. The summed E-state index contributed by atoms with van der Waals surface area (Å²) in [5.74, 6) is 1.80. The minimum atomic E-state index is -0.0163. The topological polar surface area (TPSA) is 44.3 Å². The number of hydrogen-bond acceptors (Lipinski definition) is 4. The van der Waals surface area contributed by atoms with E-state index in [-0.39, 0.29) is 26.5 Å². The number of fused-ring (bicyclic) bond motifs is 4. The first-order valence-corrected chi connectivity index (χ1v) is 14.5. The van der Waals surface area contributed by atoms with Crippen molar-refractivity contribution in [2.24, 2.45) is 0 Å². The zero-order valence-electron chi connectivity index (χ0n) is 24.0. The van der Waals surface area contributed by atoms with Gasteiger partial charge in [-0.05, 0) is 58.6 Å². The average molecular weight is 758 g/mol. The van der Waals surface area contributed by atoms with Gasteiger partial charge in [0.1, 0.15) is 11.5 Å². The van der Waals surface area contributed by atoms with Crippen LogP contribution in [0.1, 0.15) is 31.2 Å². The summed E-state index contributed by atoms with van der Waals surface area (Å²) in [6.07, 6.45) is 3.75. The largest absolute Gasteiger partial charge is 2.00 e. The van der Waals surface area contributed by atoms with Crippen molar-refractivity contribution in [1.29, 1.82) is 0 Å². The number of rotatable bonds is 4. The summed E-state index contributed by atoms with van der Waals surface area (Å²) in [6.45, 7) is 16.4. The third-order valence-electron chi connectivity index (χ3n) is 7.38. The van der Waals surface area contributed by atoms with Crippen molar-refractivity contribution < 1.29 is 25.8 Å². The molecule has 0 aliphatic heterocycles. The van der Waals surface area contributed by atoms with Crippen molar-refractivity contribution in [3.63, 3.8) is 0 Å². The summed E-state index contributed by atoms with van der Waals surface area (Å²) in [7, 11) is 0. The Bertz CT molecular complexity index is 2200. The quantitative estimate of drug-likeness (QED) is 0.168. The number of aryl methyl sites for hydroxylation is 1. The third kappa shape index (κ3) is 5.36. The smallest absolute Gasteiger partial charge is 0.504 e. The van der Waals surface area contributed by atoms with Crippen LogP contribution >= 0.6 is 11.3 Å². The Balaban J connectivity index is 0.00000329. The van der Waals surface area contributed by atoms with Gasteiger partial charge in [-0.2, -0.15) is 6.07 Å². The molecule has 0 unspecified atom stereocenters. The summed E-state index contributed by atoms with van der Waals surface area (Å²) < 4.78 is 9.61. The molecule has 0 radical (unpaired) electrons. The zero-order valence-corrected chi connectivity index (χ0v) is 27.1. The minimum absolute atomic E-state index is 0. The van der Waals surface area contributed by atoms with Crippen LogP contribution in [0.15, 0.2) is 85.2 Å². The van der Waals surface area contributed by atoms with Crippen LogP contribution < -0.4 is 4.74 Å². The zero-order chi connectivity index (χ0) is 29.0. The predicted octanol–water partition coefficient (Wildman–Crippen LogP) is 10.0. The summed E-state index contributed by atoms with van der Waals surface area (Å²) >= 11 is 1.72. The summed E-state index contributed by atoms with van der Waals surface area (Å²) in [5.41, 5.74) is 5.02. The first-order chi connectivity index (χ1) is 20.3. The van der Waals surface area contributed by atoms with Gasteiger partial charge in [0.25, 0.3) is 0 Å². The van der Waals surface area contributed by atoms with E-state index in [4.69, 9.17) is 16.3 Å². The molecule has 212 valence electrons. The Morgan fingerprint density at radius 1 is 0.907 bits per heavy atom. The maximum Gasteiger partial charge on any atom is 2.00 e. The van der Waals surface area contributed by atoms with E-state index in [1.807, 2.05) is 36.7 Å². The molecule has 0 saturated heterocycles. The third-order valence-corrected chi connectivity index (χ3v) is 8.38. The van der Waals surface area contributed by atoms with Crippen LogP contribution in [0.4, 0.5) is 5.69 Å². The van der Waals surface area contributed by atoms with Gasteiger partial charge >= 0.3 is 21.1 Å². The molecule has 3 aromatic carbocycles. The van der Waals surface area contributed by atoms with Crippen LogP contribution in [0.3, 0.4) is 0 Å². The first kappa shape index (κ1) is 28.8. The molecular weight excluding hydrogens is 732 g/mol.